The van der Waals surface area contributed by atoms with Gasteiger partial charge < -0.3 is 5.32 Å². The minimum Gasteiger partial charge on any atom is -0.309 e. The lowest BCUT2D eigenvalue weighted by atomic mass is 9.84. The van der Waals surface area contributed by atoms with Crippen molar-refractivity contribution in [1.82, 2.24) is 9.97 Å². The van der Waals surface area contributed by atoms with Gasteiger partial charge in [-0.1, -0.05) is 27.7 Å². The molecule has 1 amide bonds. The molecule has 0 aliphatic heterocycles. The maximum Gasteiger partial charge on any atom is 0.225 e. The monoisotopic (exact) mass is 313 g/mol. The first-order valence-electron chi connectivity index (χ1n) is 6.04. The maximum absolute atomic E-state index is 11.8. The van der Waals surface area contributed by atoms with Crippen molar-refractivity contribution < 1.29 is 4.79 Å². The largest absolute Gasteiger partial charge is 0.309 e. The Morgan fingerprint density at radius 3 is 2.56 bits per heavy atom. The van der Waals surface area contributed by atoms with Gasteiger partial charge in [0.15, 0.2) is 5.82 Å². The lowest BCUT2D eigenvalue weighted by Crippen LogP contribution is -2.19. The van der Waals surface area contributed by atoms with E-state index in [1.54, 1.807) is 6.20 Å². The Labute approximate surface area is 117 Å². The molecule has 0 radical (unpaired) electrons. The molecule has 5 heteroatoms. The molecule has 18 heavy (non-hydrogen) atoms. The molecule has 1 unspecified atom stereocenters. The van der Waals surface area contributed by atoms with E-state index in [0.29, 0.717) is 22.8 Å². The number of rotatable bonds is 4. The van der Waals surface area contributed by atoms with Gasteiger partial charge in [-0.3, -0.25) is 4.79 Å². The van der Waals surface area contributed by atoms with Crippen LogP contribution in [0.5, 0.6) is 0 Å². The Kier molecular flexibility index (Phi) is 5.26. The van der Waals surface area contributed by atoms with Gasteiger partial charge in [0, 0.05) is 6.42 Å². The van der Waals surface area contributed by atoms with Gasteiger partial charge in [-0.25, -0.2) is 9.97 Å². The third-order valence-electron chi connectivity index (χ3n) is 2.38. The molecule has 1 atom stereocenters. The molecule has 100 valence electrons. The lowest BCUT2D eigenvalue weighted by Gasteiger charge is -2.22. The summed E-state index contributed by atoms with van der Waals surface area (Å²) in [6.07, 6.45) is 4.63. The number of nitrogens with zero attached hydrogens (tertiary/aromatic N) is 2. The van der Waals surface area contributed by atoms with Gasteiger partial charge in [-0.05, 0) is 33.7 Å². The highest BCUT2D eigenvalue weighted by molar-refractivity contribution is 9.10. The first kappa shape index (κ1) is 15.1. The average Bonchev–Trinajstić information content (AvgIpc) is 2.18. The summed E-state index contributed by atoms with van der Waals surface area (Å²) >= 11 is 3.20. The summed E-state index contributed by atoms with van der Waals surface area (Å²) in [6.45, 7) is 8.64. The van der Waals surface area contributed by atoms with Gasteiger partial charge in [-0.15, -0.1) is 0 Å². The number of halogens is 1. The van der Waals surface area contributed by atoms with Crippen molar-refractivity contribution in [2.75, 3.05) is 5.32 Å². The van der Waals surface area contributed by atoms with Gasteiger partial charge in [0.1, 0.15) is 4.60 Å². The summed E-state index contributed by atoms with van der Waals surface area (Å²) < 4.78 is 0.654. The fraction of sp³-hybridized carbons (Fsp3) is 0.615. The highest BCUT2D eigenvalue weighted by atomic mass is 79.9. The second-order valence-electron chi connectivity index (χ2n) is 5.85. The smallest absolute Gasteiger partial charge is 0.225 e. The van der Waals surface area contributed by atoms with Crippen molar-refractivity contribution in [2.45, 2.75) is 40.5 Å². The van der Waals surface area contributed by atoms with Crippen LogP contribution in [0.1, 0.15) is 40.5 Å². The van der Waals surface area contributed by atoms with Crippen molar-refractivity contribution in [2.24, 2.45) is 11.3 Å². The molecule has 0 aliphatic carbocycles. The van der Waals surface area contributed by atoms with E-state index in [-0.39, 0.29) is 11.3 Å². The number of aromatic nitrogens is 2. The predicted molar refractivity (Wildman–Crippen MR) is 76.2 cm³/mol. The molecule has 4 nitrogen and oxygen atoms in total. The molecule has 1 aromatic rings. The third-order valence-corrected chi connectivity index (χ3v) is 2.79. The molecular formula is C13H20BrN3O. The number of carbonyl (C=O) groups excluding carboxylic acids is 1. The van der Waals surface area contributed by atoms with E-state index in [0.717, 1.165) is 6.42 Å². The van der Waals surface area contributed by atoms with Crippen molar-refractivity contribution in [3.63, 3.8) is 0 Å². The van der Waals surface area contributed by atoms with Crippen LogP contribution >= 0.6 is 15.9 Å². The van der Waals surface area contributed by atoms with Gasteiger partial charge >= 0.3 is 0 Å². The Morgan fingerprint density at radius 2 is 2.06 bits per heavy atom. The van der Waals surface area contributed by atoms with Gasteiger partial charge in [0.25, 0.3) is 0 Å². The quantitative estimate of drug-likeness (QED) is 0.923. The van der Waals surface area contributed by atoms with Gasteiger partial charge in [-0.2, -0.15) is 0 Å². The molecule has 1 rings (SSSR count). The fourth-order valence-electron chi connectivity index (χ4n) is 2.00. The Hall–Kier alpha value is -0.970. The van der Waals surface area contributed by atoms with E-state index in [1.165, 1.54) is 6.20 Å². The Balaban J connectivity index is 2.44. The van der Waals surface area contributed by atoms with Crippen LogP contribution in [0.15, 0.2) is 17.0 Å². The summed E-state index contributed by atoms with van der Waals surface area (Å²) in [6, 6.07) is 0. The van der Waals surface area contributed by atoms with Crippen LogP contribution in [0, 0.1) is 11.3 Å². The van der Waals surface area contributed by atoms with Crippen LogP contribution in [-0.4, -0.2) is 15.9 Å². The van der Waals surface area contributed by atoms with Crippen LogP contribution in [0.4, 0.5) is 5.82 Å². The van der Waals surface area contributed by atoms with Crippen molar-refractivity contribution in [1.29, 1.82) is 0 Å². The van der Waals surface area contributed by atoms with E-state index in [1.807, 2.05) is 0 Å². The predicted octanol–water partition coefficient (Wildman–Crippen LogP) is 3.64. The molecule has 0 aliphatic rings. The van der Waals surface area contributed by atoms with E-state index < -0.39 is 0 Å². The van der Waals surface area contributed by atoms with Crippen LogP contribution in [0.2, 0.25) is 0 Å². The van der Waals surface area contributed by atoms with E-state index in [4.69, 9.17) is 0 Å². The van der Waals surface area contributed by atoms with Crippen LogP contribution in [0.3, 0.4) is 0 Å². The van der Waals surface area contributed by atoms with Crippen LogP contribution < -0.4 is 5.32 Å². The molecule has 0 bridgehead atoms. The van der Waals surface area contributed by atoms with Crippen LogP contribution in [0.25, 0.3) is 0 Å². The van der Waals surface area contributed by atoms with Crippen molar-refractivity contribution in [3.05, 3.63) is 17.0 Å². The highest BCUT2D eigenvalue weighted by Crippen LogP contribution is 2.26. The molecule has 0 saturated heterocycles. The summed E-state index contributed by atoms with van der Waals surface area (Å²) in [5, 5.41) is 2.75. The summed E-state index contributed by atoms with van der Waals surface area (Å²) in [7, 11) is 0. The zero-order chi connectivity index (χ0) is 13.8. The normalized spacial score (nSPS) is 13.2. The van der Waals surface area contributed by atoms with Gasteiger partial charge in [0.05, 0.1) is 12.4 Å². The molecule has 1 N–H and O–H groups in total. The number of amides is 1. The second kappa shape index (κ2) is 6.27. The minimum atomic E-state index is -0.0108. The molecule has 1 heterocycles. The topological polar surface area (TPSA) is 54.9 Å². The number of anilines is 1. The highest BCUT2D eigenvalue weighted by Gasteiger charge is 2.17. The van der Waals surface area contributed by atoms with Crippen molar-refractivity contribution >= 4 is 27.7 Å². The van der Waals surface area contributed by atoms with E-state index in [9.17, 15) is 4.79 Å². The van der Waals surface area contributed by atoms with Gasteiger partial charge in [0.2, 0.25) is 5.91 Å². The van der Waals surface area contributed by atoms with Crippen LogP contribution in [-0.2, 0) is 4.79 Å². The van der Waals surface area contributed by atoms with E-state index in [2.05, 4.69) is 58.9 Å². The molecule has 0 spiro atoms. The third kappa shape index (κ3) is 6.10. The molecular weight excluding hydrogens is 294 g/mol. The summed E-state index contributed by atoms with van der Waals surface area (Å²) in [5.41, 5.74) is 0.247. The Bertz CT molecular complexity index is 398. The maximum atomic E-state index is 11.8. The zero-order valence-corrected chi connectivity index (χ0v) is 12.9. The first-order valence-corrected chi connectivity index (χ1v) is 6.83. The zero-order valence-electron chi connectivity index (χ0n) is 11.3. The molecule has 0 aromatic carbocycles. The molecule has 0 saturated carbocycles. The lowest BCUT2D eigenvalue weighted by molar-refractivity contribution is -0.117. The Morgan fingerprint density at radius 1 is 1.39 bits per heavy atom. The van der Waals surface area contributed by atoms with E-state index >= 15 is 0 Å². The second-order valence-corrected chi connectivity index (χ2v) is 6.66. The van der Waals surface area contributed by atoms with Crippen molar-refractivity contribution in [3.8, 4) is 0 Å². The number of carbonyl (C=O) groups is 1. The summed E-state index contributed by atoms with van der Waals surface area (Å²) in [4.78, 5) is 19.9. The number of hydrogen-bond donors (Lipinski definition) is 1. The number of hydrogen-bond acceptors (Lipinski definition) is 3. The summed E-state index contributed by atoms with van der Waals surface area (Å²) in [5.74, 6) is 0.836. The fourth-order valence-corrected chi connectivity index (χ4v) is 2.21. The minimum absolute atomic E-state index is 0.0108. The SMILES string of the molecule is CC(CC(=O)Nc1cnc(Br)cn1)CC(C)(C)C. The number of nitrogens with one attached hydrogen (secondary N) is 1. The molecule has 1 aromatic heterocycles. The molecule has 0 fully saturated rings. The average molecular weight is 314 g/mol. The first-order chi connectivity index (χ1) is 8.26. The standard InChI is InChI=1S/C13H20BrN3O/c1-9(6-13(2,3)4)5-12(18)17-11-8-15-10(14)7-16-11/h7-9H,5-6H2,1-4H3,(H,16,17,18).